The van der Waals surface area contributed by atoms with Crippen molar-refractivity contribution in [2.24, 2.45) is 0 Å². The second-order valence-corrected chi connectivity index (χ2v) is 6.75. The molecule has 2 heterocycles. The molecule has 0 amide bonds. The van der Waals surface area contributed by atoms with Gasteiger partial charge in [-0.1, -0.05) is 60.2 Å². The molecule has 4 heteroatoms. The van der Waals surface area contributed by atoms with Crippen molar-refractivity contribution in [2.45, 2.75) is 13.8 Å². The smallest absolute Gasteiger partial charge is 0.238 e. The SMILES string of the molecule is Cc1cccc(-c2nc(C)nc(-n3c4ccccc4c4ccccc43)n2)c1. The third kappa shape index (κ3) is 2.57. The largest absolute Gasteiger partial charge is 0.278 e. The molecule has 0 aliphatic carbocycles. The van der Waals surface area contributed by atoms with Crippen molar-refractivity contribution in [3.63, 3.8) is 0 Å². The molecule has 0 aliphatic heterocycles. The molecule has 0 aliphatic rings. The number of hydrogen-bond donors (Lipinski definition) is 0. The minimum atomic E-state index is 0.649. The molecule has 0 N–H and O–H groups in total. The lowest BCUT2D eigenvalue weighted by Crippen LogP contribution is -2.06. The third-order valence-corrected chi connectivity index (χ3v) is 4.79. The van der Waals surface area contributed by atoms with Gasteiger partial charge in [-0.2, -0.15) is 9.97 Å². The summed E-state index contributed by atoms with van der Waals surface area (Å²) in [7, 11) is 0. The first kappa shape index (κ1) is 15.7. The van der Waals surface area contributed by atoms with Crippen LogP contribution in [0.4, 0.5) is 0 Å². The van der Waals surface area contributed by atoms with Gasteiger partial charge in [0.15, 0.2) is 5.82 Å². The zero-order valence-corrected chi connectivity index (χ0v) is 15.2. The van der Waals surface area contributed by atoms with Gasteiger partial charge in [0.25, 0.3) is 0 Å². The number of nitrogens with zero attached hydrogens (tertiary/aromatic N) is 4. The molecule has 27 heavy (non-hydrogen) atoms. The van der Waals surface area contributed by atoms with E-state index in [1.165, 1.54) is 16.3 Å². The maximum absolute atomic E-state index is 4.83. The predicted molar refractivity (Wildman–Crippen MR) is 109 cm³/mol. The van der Waals surface area contributed by atoms with Gasteiger partial charge >= 0.3 is 0 Å². The summed E-state index contributed by atoms with van der Waals surface area (Å²) in [5.41, 5.74) is 4.38. The highest BCUT2D eigenvalue weighted by Crippen LogP contribution is 2.31. The fraction of sp³-hybridized carbons (Fsp3) is 0.0870. The van der Waals surface area contributed by atoms with Gasteiger partial charge in [-0.3, -0.25) is 4.57 Å². The summed E-state index contributed by atoms with van der Waals surface area (Å²) >= 11 is 0. The van der Waals surface area contributed by atoms with Crippen LogP contribution in [0.15, 0.2) is 72.8 Å². The Labute approximate surface area is 157 Å². The van der Waals surface area contributed by atoms with E-state index in [1.54, 1.807) is 0 Å². The molecule has 3 aromatic carbocycles. The summed E-state index contributed by atoms with van der Waals surface area (Å²) in [6.45, 7) is 3.99. The number of rotatable bonds is 2. The van der Waals surface area contributed by atoms with Crippen LogP contribution in [0.3, 0.4) is 0 Å². The van der Waals surface area contributed by atoms with Crippen LogP contribution in [0.25, 0.3) is 39.1 Å². The van der Waals surface area contributed by atoms with Gasteiger partial charge in [0, 0.05) is 16.3 Å². The second-order valence-electron chi connectivity index (χ2n) is 6.75. The van der Waals surface area contributed by atoms with Crippen LogP contribution in [-0.2, 0) is 0 Å². The van der Waals surface area contributed by atoms with Gasteiger partial charge in [-0.15, -0.1) is 0 Å². The van der Waals surface area contributed by atoms with Crippen LogP contribution in [0.2, 0.25) is 0 Å². The Morgan fingerprint density at radius 3 is 2.00 bits per heavy atom. The summed E-state index contributed by atoms with van der Waals surface area (Å²) in [5, 5.41) is 2.39. The van der Waals surface area contributed by atoms with E-state index in [0.29, 0.717) is 17.6 Å². The molecule has 0 radical (unpaired) electrons. The fourth-order valence-corrected chi connectivity index (χ4v) is 3.62. The summed E-state index contributed by atoms with van der Waals surface area (Å²) in [6, 6.07) is 25.0. The molecule has 0 saturated carbocycles. The highest BCUT2D eigenvalue weighted by molar-refractivity contribution is 6.08. The number of aromatic nitrogens is 4. The number of aryl methyl sites for hydroxylation is 2. The molecular formula is C23H18N4. The summed E-state index contributed by atoms with van der Waals surface area (Å²) in [4.78, 5) is 14.1. The van der Waals surface area contributed by atoms with Gasteiger partial charge in [0.1, 0.15) is 5.82 Å². The minimum Gasteiger partial charge on any atom is -0.278 e. The lowest BCUT2D eigenvalue weighted by molar-refractivity contribution is 0.907. The quantitative estimate of drug-likeness (QED) is 0.436. The summed E-state index contributed by atoms with van der Waals surface area (Å²) < 4.78 is 2.12. The molecule has 5 rings (SSSR count). The van der Waals surface area contributed by atoms with Crippen molar-refractivity contribution in [1.29, 1.82) is 0 Å². The molecule has 0 saturated heterocycles. The van der Waals surface area contributed by atoms with Crippen LogP contribution < -0.4 is 0 Å². The van der Waals surface area contributed by atoms with Crippen molar-refractivity contribution in [3.05, 3.63) is 84.2 Å². The monoisotopic (exact) mass is 350 g/mol. The average molecular weight is 350 g/mol. The Morgan fingerprint density at radius 1 is 0.667 bits per heavy atom. The second kappa shape index (κ2) is 6.02. The van der Waals surface area contributed by atoms with Crippen LogP contribution >= 0.6 is 0 Å². The number of fused-ring (bicyclic) bond motifs is 3. The molecule has 0 unspecified atom stereocenters. The van der Waals surface area contributed by atoms with Crippen molar-refractivity contribution < 1.29 is 0 Å². The lowest BCUT2D eigenvalue weighted by Gasteiger charge is -2.09. The molecule has 0 spiro atoms. The van der Waals surface area contributed by atoms with Crippen LogP contribution in [-0.4, -0.2) is 19.5 Å². The van der Waals surface area contributed by atoms with E-state index in [9.17, 15) is 0 Å². The predicted octanol–water partition coefficient (Wildman–Crippen LogP) is 5.25. The molecule has 130 valence electrons. The van der Waals surface area contributed by atoms with Crippen molar-refractivity contribution >= 4 is 21.8 Å². The van der Waals surface area contributed by atoms with Gasteiger partial charge in [-0.05, 0) is 32.0 Å². The lowest BCUT2D eigenvalue weighted by atomic mass is 10.1. The van der Waals surface area contributed by atoms with Crippen LogP contribution in [0.1, 0.15) is 11.4 Å². The Hall–Kier alpha value is -3.53. The first-order valence-electron chi connectivity index (χ1n) is 8.99. The number of hydrogen-bond acceptors (Lipinski definition) is 3. The summed E-state index contributed by atoms with van der Waals surface area (Å²) in [5.74, 6) is 2.05. The zero-order chi connectivity index (χ0) is 18.4. The van der Waals surface area contributed by atoms with Crippen LogP contribution in [0, 0.1) is 13.8 Å². The average Bonchev–Trinajstić information content (AvgIpc) is 3.02. The number of benzene rings is 3. The normalized spacial score (nSPS) is 11.3. The van der Waals surface area contributed by atoms with Crippen LogP contribution in [0.5, 0.6) is 0 Å². The topological polar surface area (TPSA) is 43.6 Å². The van der Waals surface area contributed by atoms with E-state index in [0.717, 1.165) is 16.6 Å². The summed E-state index contributed by atoms with van der Waals surface area (Å²) in [6.07, 6.45) is 0. The highest BCUT2D eigenvalue weighted by Gasteiger charge is 2.15. The highest BCUT2D eigenvalue weighted by atomic mass is 15.2. The fourth-order valence-electron chi connectivity index (χ4n) is 3.62. The molecule has 0 bridgehead atoms. The molecule has 2 aromatic heterocycles. The van der Waals surface area contributed by atoms with Crippen molar-refractivity contribution in [1.82, 2.24) is 19.5 Å². The molecule has 0 fully saturated rings. The zero-order valence-electron chi connectivity index (χ0n) is 15.2. The van der Waals surface area contributed by atoms with E-state index < -0.39 is 0 Å². The molecule has 0 atom stereocenters. The Kier molecular flexibility index (Phi) is 3.50. The molecule has 5 aromatic rings. The van der Waals surface area contributed by atoms with E-state index in [4.69, 9.17) is 4.98 Å². The first-order valence-corrected chi connectivity index (χ1v) is 8.99. The van der Waals surface area contributed by atoms with Gasteiger partial charge in [-0.25, -0.2) is 4.98 Å². The van der Waals surface area contributed by atoms with E-state index >= 15 is 0 Å². The maximum Gasteiger partial charge on any atom is 0.238 e. The first-order chi connectivity index (χ1) is 13.2. The third-order valence-electron chi connectivity index (χ3n) is 4.79. The standard InChI is InChI=1S/C23H18N4/c1-15-8-7-9-17(14-15)22-24-16(2)25-23(26-22)27-20-12-5-3-10-18(20)19-11-4-6-13-21(19)27/h3-14H,1-2H3. The van der Waals surface area contributed by atoms with Gasteiger partial charge in [0.05, 0.1) is 11.0 Å². The Morgan fingerprint density at radius 2 is 1.33 bits per heavy atom. The van der Waals surface area contributed by atoms with Gasteiger partial charge in [0.2, 0.25) is 5.95 Å². The van der Waals surface area contributed by atoms with Gasteiger partial charge < -0.3 is 0 Å². The van der Waals surface area contributed by atoms with E-state index in [2.05, 4.69) is 70.0 Å². The molecule has 4 nitrogen and oxygen atoms in total. The Balaban J connectivity index is 1.83. The number of para-hydroxylation sites is 2. The van der Waals surface area contributed by atoms with Crippen molar-refractivity contribution in [2.75, 3.05) is 0 Å². The Bertz CT molecular complexity index is 1250. The maximum atomic E-state index is 4.83. The van der Waals surface area contributed by atoms with E-state index in [1.807, 2.05) is 31.2 Å². The van der Waals surface area contributed by atoms with Crippen molar-refractivity contribution in [3.8, 4) is 17.3 Å². The molecular weight excluding hydrogens is 332 g/mol. The minimum absolute atomic E-state index is 0.649. The van der Waals surface area contributed by atoms with E-state index in [-0.39, 0.29) is 0 Å².